The van der Waals surface area contributed by atoms with Crippen molar-refractivity contribution in [3.05, 3.63) is 77.7 Å². The molecule has 0 fully saturated rings. The maximum absolute atomic E-state index is 14.7. The van der Waals surface area contributed by atoms with Crippen LogP contribution in [0.2, 0.25) is 0 Å². The second kappa shape index (κ2) is 9.49. The zero-order chi connectivity index (χ0) is 21.6. The average molecular weight is 410 g/mol. The number of allylic oxidation sites excluding steroid dienone is 3. The van der Waals surface area contributed by atoms with Crippen molar-refractivity contribution in [2.45, 2.75) is 32.4 Å². The molecule has 1 aromatic heterocycles. The van der Waals surface area contributed by atoms with Gasteiger partial charge in [0.1, 0.15) is 29.9 Å². The lowest BCUT2D eigenvalue weighted by molar-refractivity contribution is -0.0284. The molecular formula is C22H27FN6O. The summed E-state index contributed by atoms with van der Waals surface area (Å²) in [5, 5.41) is 19.5. The number of amidine groups is 1. The summed E-state index contributed by atoms with van der Waals surface area (Å²) in [5.74, 6) is -0.845. The first-order valence-corrected chi connectivity index (χ1v) is 9.75. The molecule has 2 atom stereocenters. The molecule has 0 spiro atoms. The number of nitrogens with one attached hydrogen (secondary N) is 1. The summed E-state index contributed by atoms with van der Waals surface area (Å²) >= 11 is 0. The number of hydrogen-bond donors (Lipinski definition) is 3. The molecule has 0 amide bonds. The topological polar surface area (TPSA) is 101 Å². The van der Waals surface area contributed by atoms with E-state index in [4.69, 9.17) is 5.73 Å². The Morgan fingerprint density at radius 1 is 1.40 bits per heavy atom. The summed E-state index contributed by atoms with van der Waals surface area (Å²) in [5.41, 5.74) is 10.3. The third kappa shape index (κ3) is 5.64. The number of rotatable bonds is 8. The van der Waals surface area contributed by atoms with Crippen molar-refractivity contribution in [1.29, 1.82) is 0 Å². The molecule has 0 saturated heterocycles. The van der Waals surface area contributed by atoms with E-state index in [0.29, 0.717) is 6.42 Å². The van der Waals surface area contributed by atoms with Crippen LogP contribution in [0.5, 0.6) is 0 Å². The summed E-state index contributed by atoms with van der Waals surface area (Å²) in [6.07, 6.45) is 10.1. The van der Waals surface area contributed by atoms with Crippen LogP contribution in [-0.2, 0) is 6.54 Å². The number of aromatic nitrogens is 3. The Labute approximate surface area is 175 Å². The number of nitrogens with two attached hydrogens (primary N) is 1. The molecule has 30 heavy (non-hydrogen) atoms. The molecule has 1 aliphatic carbocycles. The number of aliphatic hydroxyl groups is 1. The van der Waals surface area contributed by atoms with Crippen LogP contribution in [0.3, 0.4) is 0 Å². The van der Waals surface area contributed by atoms with Gasteiger partial charge in [-0.1, -0.05) is 47.6 Å². The van der Waals surface area contributed by atoms with Gasteiger partial charge in [0.25, 0.3) is 0 Å². The predicted molar refractivity (Wildman–Crippen MR) is 116 cm³/mol. The molecule has 7 nitrogen and oxygen atoms in total. The Morgan fingerprint density at radius 2 is 2.17 bits per heavy atom. The number of nitrogens with zero attached hydrogens (tertiary/aromatic N) is 4. The third-order valence-corrected chi connectivity index (χ3v) is 5.04. The fourth-order valence-electron chi connectivity index (χ4n) is 3.32. The van der Waals surface area contributed by atoms with Crippen molar-refractivity contribution < 1.29 is 9.50 Å². The lowest BCUT2D eigenvalue weighted by Crippen LogP contribution is -2.50. The second-order valence-corrected chi connectivity index (χ2v) is 7.58. The van der Waals surface area contributed by atoms with Gasteiger partial charge in [-0.15, -0.1) is 0 Å². The SMILES string of the molecule is CC1=CCC([C@](O)(CN/N=C(N)/C=C/c2ccc(C)cc2)Cn2cncn2)C(F)=C1. The smallest absolute Gasteiger partial charge is 0.143 e. The van der Waals surface area contributed by atoms with Crippen LogP contribution in [0.15, 0.2) is 71.6 Å². The van der Waals surface area contributed by atoms with Gasteiger partial charge in [0.2, 0.25) is 0 Å². The standard InChI is InChI=1S/C22H27FN6O/c1-16-3-6-18(7-4-16)8-10-21(24)28-26-12-22(30,13-29-15-25-14-27-29)19-9-5-17(2)11-20(19)23/h3-8,10-11,14-15,19,26,30H,9,12-13H2,1-2H3,(H2,24,28)/b10-8+/t19?,22-/m0/s1. The molecule has 1 heterocycles. The average Bonchev–Trinajstić information content (AvgIpc) is 3.20. The number of benzene rings is 1. The number of hydrogen-bond acceptors (Lipinski definition) is 5. The van der Waals surface area contributed by atoms with Crippen molar-refractivity contribution in [3.8, 4) is 0 Å². The second-order valence-electron chi connectivity index (χ2n) is 7.58. The first-order valence-electron chi connectivity index (χ1n) is 9.75. The summed E-state index contributed by atoms with van der Waals surface area (Å²) in [7, 11) is 0. The van der Waals surface area contributed by atoms with E-state index in [2.05, 4.69) is 20.6 Å². The summed E-state index contributed by atoms with van der Waals surface area (Å²) < 4.78 is 16.1. The van der Waals surface area contributed by atoms with E-state index in [1.165, 1.54) is 29.0 Å². The van der Waals surface area contributed by atoms with Crippen LogP contribution >= 0.6 is 0 Å². The Hall–Kier alpha value is -3.26. The van der Waals surface area contributed by atoms with Crippen LogP contribution in [0, 0.1) is 12.8 Å². The molecule has 0 aliphatic heterocycles. The van der Waals surface area contributed by atoms with E-state index in [1.54, 1.807) is 6.08 Å². The monoisotopic (exact) mass is 410 g/mol. The fourth-order valence-corrected chi connectivity index (χ4v) is 3.32. The highest BCUT2D eigenvalue weighted by Gasteiger charge is 2.40. The zero-order valence-electron chi connectivity index (χ0n) is 17.2. The molecule has 0 radical (unpaired) electrons. The van der Waals surface area contributed by atoms with Gasteiger partial charge in [0.05, 0.1) is 13.1 Å². The summed E-state index contributed by atoms with van der Waals surface area (Å²) in [6, 6.07) is 7.99. The van der Waals surface area contributed by atoms with E-state index in [-0.39, 0.29) is 24.8 Å². The quantitative estimate of drug-likeness (QED) is 0.353. The van der Waals surface area contributed by atoms with Crippen LogP contribution < -0.4 is 11.2 Å². The first-order chi connectivity index (χ1) is 14.4. The fraction of sp³-hybridized carbons (Fsp3) is 0.318. The van der Waals surface area contributed by atoms with Gasteiger partial charge < -0.3 is 16.3 Å². The molecule has 2 aromatic rings. The molecule has 3 rings (SSSR count). The van der Waals surface area contributed by atoms with Crippen molar-refractivity contribution in [3.63, 3.8) is 0 Å². The predicted octanol–water partition coefficient (Wildman–Crippen LogP) is 2.71. The Kier molecular flexibility index (Phi) is 6.79. The lowest BCUT2D eigenvalue weighted by atomic mass is 9.80. The first kappa shape index (κ1) is 21.4. The highest BCUT2D eigenvalue weighted by atomic mass is 19.1. The molecular weight excluding hydrogens is 383 g/mol. The van der Waals surface area contributed by atoms with Gasteiger partial charge in [0, 0.05) is 5.92 Å². The number of hydrazone groups is 1. The largest absolute Gasteiger partial charge is 0.385 e. The summed E-state index contributed by atoms with van der Waals surface area (Å²) in [6.45, 7) is 3.91. The molecule has 1 aromatic carbocycles. The molecule has 1 unspecified atom stereocenters. The van der Waals surface area contributed by atoms with Crippen LogP contribution in [0.4, 0.5) is 4.39 Å². The summed E-state index contributed by atoms with van der Waals surface area (Å²) in [4.78, 5) is 3.89. The van der Waals surface area contributed by atoms with Crippen LogP contribution in [0.1, 0.15) is 24.5 Å². The minimum atomic E-state index is -1.48. The van der Waals surface area contributed by atoms with Crippen molar-refractivity contribution >= 4 is 11.9 Å². The Balaban J connectivity index is 1.69. The Bertz CT molecular complexity index is 962. The Morgan fingerprint density at radius 3 is 2.83 bits per heavy atom. The van der Waals surface area contributed by atoms with E-state index < -0.39 is 11.5 Å². The van der Waals surface area contributed by atoms with E-state index in [9.17, 15) is 9.50 Å². The minimum absolute atomic E-state index is 0.00918. The minimum Gasteiger partial charge on any atom is -0.385 e. The molecule has 0 saturated carbocycles. The maximum atomic E-state index is 14.7. The maximum Gasteiger partial charge on any atom is 0.143 e. The van der Waals surface area contributed by atoms with Gasteiger partial charge >= 0.3 is 0 Å². The highest BCUT2D eigenvalue weighted by Crippen LogP contribution is 2.34. The molecule has 158 valence electrons. The van der Waals surface area contributed by atoms with Crippen molar-refractivity contribution in [2.75, 3.05) is 6.54 Å². The zero-order valence-corrected chi connectivity index (χ0v) is 17.2. The molecule has 1 aliphatic rings. The van der Waals surface area contributed by atoms with Gasteiger partial charge in [-0.3, -0.25) is 0 Å². The van der Waals surface area contributed by atoms with Crippen molar-refractivity contribution in [2.24, 2.45) is 16.8 Å². The molecule has 0 bridgehead atoms. The van der Waals surface area contributed by atoms with Gasteiger partial charge in [-0.25, -0.2) is 14.1 Å². The van der Waals surface area contributed by atoms with Crippen molar-refractivity contribution in [1.82, 2.24) is 20.2 Å². The van der Waals surface area contributed by atoms with E-state index in [1.807, 2.05) is 50.3 Å². The highest BCUT2D eigenvalue weighted by molar-refractivity contribution is 5.94. The normalized spacial score (nSPS) is 19.3. The van der Waals surface area contributed by atoms with Crippen LogP contribution in [0.25, 0.3) is 6.08 Å². The number of aryl methyl sites for hydroxylation is 1. The van der Waals surface area contributed by atoms with Gasteiger partial charge in [-0.2, -0.15) is 10.2 Å². The van der Waals surface area contributed by atoms with E-state index >= 15 is 0 Å². The lowest BCUT2D eigenvalue weighted by Gasteiger charge is -2.36. The molecule has 4 N–H and O–H groups in total. The van der Waals surface area contributed by atoms with E-state index in [0.717, 1.165) is 11.1 Å². The van der Waals surface area contributed by atoms with Gasteiger partial charge in [0.15, 0.2) is 0 Å². The van der Waals surface area contributed by atoms with Gasteiger partial charge in [-0.05, 0) is 38.0 Å². The van der Waals surface area contributed by atoms with Crippen LogP contribution in [-0.4, -0.2) is 37.9 Å². The number of halogens is 1. The molecule has 8 heteroatoms. The third-order valence-electron chi connectivity index (χ3n) is 5.04.